The molecule has 448 valence electrons. The standard InChI is InChI=1S/C58H85ClN8O13S/c1-2-28-74-30-32-76-34-36-78-38-39-79-37-35-77-33-31-75-29-7-8-45(68)15-18-67-54(70)42-52(58(67)73)81-40-17-60-53(69)43-64-22-20-63(21-23-64)19-16-61-56(71)46-9-3-4-10-47(46)57(72)66-26-24-65(25-27-66)55-48-41-44(59)13-14-50(48)80-51-12-6-5-11-49(51)62-55/h5-6,11-14,41,46-47,52H,2-4,7-10,15-40,42-43H2,1H3,(H,60,69)(H,61,71)/t46-,47+,52?/m1/s1. The molecule has 0 aromatic heterocycles. The van der Waals surface area contributed by atoms with Gasteiger partial charge in [-0.05, 0) is 56.0 Å². The van der Waals surface area contributed by atoms with E-state index < -0.39 is 5.25 Å². The number of benzene rings is 2. The number of piperazine rings is 2. The number of ether oxygens (including phenoxy) is 7. The van der Waals surface area contributed by atoms with Crippen LogP contribution in [0.25, 0.3) is 0 Å². The summed E-state index contributed by atoms with van der Waals surface area (Å²) in [5.41, 5.74) is 1.54. The second-order valence-corrected chi connectivity index (χ2v) is 22.5. The van der Waals surface area contributed by atoms with E-state index in [1.54, 1.807) is 6.07 Å². The second kappa shape index (κ2) is 35.4. The Morgan fingerprint density at radius 3 is 2.00 bits per heavy atom. The summed E-state index contributed by atoms with van der Waals surface area (Å²) in [4.78, 5) is 93.6. The van der Waals surface area contributed by atoms with Crippen molar-refractivity contribution in [2.45, 2.75) is 70.0 Å². The Morgan fingerprint density at radius 1 is 0.691 bits per heavy atom. The Balaban J connectivity index is 0.676. The van der Waals surface area contributed by atoms with Crippen molar-refractivity contribution in [1.29, 1.82) is 0 Å². The normalized spacial score (nSPS) is 19.7. The van der Waals surface area contributed by atoms with E-state index in [0.29, 0.717) is 180 Å². The van der Waals surface area contributed by atoms with Gasteiger partial charge in [0.2, 0.25) is 29.5 Å². The molecule has 3 saturated heterocycles. The highest BCUT2D eigenvalue weighted by molar-refractivity contribution is 8.00. The molecular formula is C58H85ClN8O13S. The minimum Gasteiger partial charge on any atom is -0.454 e. The lowest BCUT2D eigenvalue weighted by Crippen LogP contribution is -2.54. The highest BCUT2D eigenvalue weighted by atomic mass is 35.5. The van der Waals surface area contributed by atoms with Crippen LogP contribution in [-0.4, -0.2) is 241 Å². The van der Waals surface area contributed by atoms with Crippen molar-refractivity contribution in [3.8, 4) is 11.5 Å². The van der Waals surface area contributed by atoms with E-state index in [-0.39, 0.29) is 73.1 Å². The van der Waals surface area contributed by atoms with Crippen LogP contribution in [0.4, 0.5) is 5.69 Å². The van der Waals surface area contributed by atoms with Gasteiger partial charge in [-0.25, -0.2) is 4.99 Å². The van der Waals surface area contributed by atoms with Gasteiger partial charge < -0.3 is 53.6 Å². The molecule has 3 atom stereocenters. The van der Waals surface area contributed by atoms with Crippen molar-refractivity contribution < 1.29 is 61.9 Å². The number of carbonyl (C=O) groups excluding carboxylic acids is 6. The average Bonchev–Trinajstić information content (AvgIpc) is 3.83. The largest absolute Gasteiger partial charge is 0.454 e. The molecule has 7 rings (SSSR count). The molecular weight excluding hydrogens is 1080 g/mol. The van der Waals surface area contributed by atoms with Gasteiger partial charge in [-0.2, -0.15) is 0 Å². The molecule has 1 aliphatic carbocycles. The maximum absolute atomic E-state index is 14.1. The van der Waals surface area contributed by atoms with Crippen molar-refractivity contribution in [1.82, 2.24) is 35.1 Å². The zero-order valence-electron chi connectivity index (χ0n) is 47.3. The van der Waals surface area contributed by atoms with Crippen molar-refractivity contribution in [3.05, 3.63) is 53.1 Å². The maximum Gasteiger partial charge on any atom is 0.242 e. The summed E-state index contributed by atoms with van der Waals surface area (Å²) in [5.74, 6) is 1.17. The number of imide groups is 1. The van der Waals surface area contributed by atoms with E-state index >= 15 is 0 Å². The first-order valence-electron chi connectivity index (χ1n) is 29.2. The summed E-state index contributed by atoms with van der Waals surface area (Å²) in [6.07, 6.45) is 5.26. The number of carbonyl (C=O) groups is 6. The number of nitrogens with zero attached hydrogens (tertiary/aromatic N) is 6. The summed E-state index contributed by atoms with van der Waals surface area (Å²) in [6.45, 7) is 15.1. The van der Waals surface area contributed by atoms with Crippen LogP contribution >= 0.6 is 23.4 Å². The van der Waals surface area contributed by atoms with Crippen molar-refractivity contribution in [2.75, 3.05) is 170 Å². The van der Waals surface area contributed by atoms with E-state index in [1.165, 1.54) is 16.7 Å². The van der Waals surface area contributed by atoms with Crippen LogP contribution in [0.3, 0.4) is 0 Å². The van der Waals surface area contributed by atoms with E-state index in [1.807, 2.05) is 41.3 Å². The maximum atomic E-state index is 14.1. The Hall–Kier alpha value is -4.75. The zero-order valence-corrected chi connectivity index (χ0v) is 48.9. The lowest BCUT2D eigenvalue weighted by atomic mass is 9.77. The fourth-order valence-electron chi connectivity index (χ4n) is 10.4. The molecule has 1 unspecified atom stereocenters. The molecule has 0 radical (unpaired) electrons. The van der Waals surface area contributed by atoms with Crippen LogP contribution in [0.5, 0.6) is 11.5 Å². The number of para-hydroxylation sites is 2. The SMILES string of the molecule is CCCOCCOCCOCCOCCOCCOCCCC(=O)CCN1C(=O)CC(SCCNC(=O)CN2CCN(CCNC(=O)[C@@H]3CCCC[C@@H]3C(=O)N3CCN(C4=Nc5ccccc5Oc5ccc(Cl)cc54)CC3)CC2)C1=O. The molecule has 4 heterocycles. The molecule has 23 heteroatoms. The number of fused-ring (bicyclic) bond motifs is 2. The number of aliphatic imine (C=N–C) groups is 1. The fourth-order valence-corrected chi connectivity index (χ4v) is 11.6. The average molecular weight is 1170 g/mol. The molecule has 2 aromatic rings. The summed E-state index contributed by atoms with van der Waals surface area (Å²) in [6, 6.07) is 13.2. The van der Waals surface area contributed by atoms with Gasteiger partial charge >= 0.3 is 0 Å². The van der Waals surface area contributed by atoms with Gasteiger partial charge in [0.1, 0.15) is 23.1 Å². The van der Waals surface area contributed by atoms with Gasteiger partial charge in [-0.3, -0.25) is 43.5 Å². The van der Waals surface area contributed by atoms with Gasteiger partial charge in [0.25, 0.3) is 0 Å². The molecule has 0 bridgehead atoms. The number of halogens is 1. The Morgan fingerprint density at radius 2 is 1.32 bits per heavy atom. The van der Waals surface area contributed by atoms with Crippen LogP contribution < -0.4 is 15.4 Å². The van der Waals surface area contributed by atoms with Crippen LogP contribution in [-0.2, 0) is 57.2 Å². The molecule has 1 saturated carbocycles. The number of hydrogen-bond acceptors (Lipinski definition) is 18. The lowest BCUT2D eigenvalue weighted by molar-refractivity contribution is -0.144. The number of amidine groups is 1. The molecule has 5 aliphatic rings. The first kappa shape index (κ1) is 63.8. The molecule has 5 amide bonds. The number of ketones is 1. The Kier molecular flexibility index (Phi) is 27.9. The molecule has 21 nitrogen and oxygen atoms in total. The van der Waals surface area contributed by atoms with Gasteiger partial charge in [0, 0.05) is 134 Å². The first-order valence-corrected chi connectivity index (χ1v) is 30.6. The van der Waals surface area contributed by atoms with Crippen molar-refractivity contribution >= 4 is 70.2 Å². The Bertz CT molecular complexity index is 2360. The third kappa shape index (κ3) is 21.1. The quantitative estimate of drug-likeness (QED) is 0.0720. The summed E-state index contributed by atoms with van der Waals surface area (Å²) in [5, 5.41) is 6.16. The smallest absolute Gasteiger partial charge is 0.242 e. The van der Waals surface area contributed by atoms with Crippen LogP contribution in [0.15, 0.2) is 47.5 Å². The lowest BCUT2D eigenvalue weighted by Gasteiger charge is -2.40. The van der Waals surface area contributed by atoms with Gasteiger partial charge in [0.05, 0.1) is 83.4 Å². The van der Waals surface area contributed by atoms with Crippen molar-refractivity contribution in [2.24, 2.45) is 16.8 Å². The van der Waals surface area contributed by atoms with E-state index in [9.17, 15) is 28.8 Å². The zero-order chi connectivity index (χ0) is 57.0. The molecule has 2 N–H and O–H groups in total. The number of Topliss-reactive ketones (excluding diaryl/α,β-unsaturated/α-hetero) is 1. The highest BCUT2D eigenvalue weighted by Gasteiger charge is 2.40. The molecule has 81 heavy (non-hydrogen) atoms. The fraction of sp³-hybridized carbons (Fsp3) is 0.672. The second-order valence-electron chi connectivity index (χ2n) is 20.7. The molecule has 0 spiro atoms. The molecule has 4 aliphatic heterocycles. The molecule has 4 fully saturated rings. The minimum atomic E-state index is -0.529. The number of thioether (sulfide) groups is 1. The van der Waals surface area contributed by atoms with Crippen molar-refractivity contribution in [3.63, 3.8) is 0 Å². The topological polar surface area (TPSA) is 220 Å². The number of hydrogen-bond donors (Lipinski definition) is 2. The van der Waals surface area contributed by atoms with Gasteiger partial charge in [-0.15, -0.1) is 11.8 Å². The third-order valence-electron chi connectivity index (χ3n) is 14.9. The number of rotatable bonds is 35. The number of likely N-dealkylation sites (tertiary alicyclic amines) is 1. The predicted octanol–water partition coefficient (Wildman–Crippen LogP) is 4.43. The Labute approximate surface area is 486 Å². The van der Waals surface area contributed by atoms with E-state index in [2.05, 4.69) is 32.3 Å². The van der Waals surface area contributed by atoms with Crippen LogP contribution in [0.1, 0.15) is 70.3 Å². The summed E-state index contributed by atoms with van der Waals surface area (Å²) in [7, 11) is 0. The van der Waals surface area contributed by atoms with Crippen LogP contribution in [0.2, 0.25) is 5.02 Å². The highest BCUT2D eigenvalue weighted by Crippen LogP contribution is 2.39. The summed E-state index contributed by atoms with van der Waals surface area (Å²) >= 11 is 7.80. The van der Waals surface area contributed by atoms with E-state index in [4.69, 9.17) is 49.8 Å². The minimum absolute atomic E-state index is 0.0313. The van der Waals surface area contributed by atoms with E-state index in [0.717, 1.165) is 56.0 Å². The van der Waals surface area contributed by atoms with Gasteiger partial charge in [0.15, 0.2) is 5.75 Å². The van der Waals surface area contributed by atoms with Crippen LogP contribution in [0, 0.1) is 11.8 Å². The summed E-state index contributed by atoms with van der Waals surface area (Å²) < 4.78 is 39.1. The monoisotopic (exact) mass is 1170 g/mol. The molecule has 2 aromatic carbocycles. The predicted molar refractivity (Wildman–Crippen MR) is 308 cm³/mol. The van der Waals surface area contributed by atoms with Gasteiger partial charge in [-0.1, -0.05) is 43.5 Å². The number of amides is 5. The number of nitrogens with one attached hydrogen (secondary N) is 2. The first-order chi connectivity index (χ1) is 39.6. The third-order valence-corrected chi connectivity index (χ3v) is 16.3.